The number of nitrogens with one attached hydrogen (secondary N) is 1. The lowest BCUT2D eigenvalue weighted by molar-refractivity contribution is -0.146. The fraction of sp³-hybridized carbons (Fsp3) is 0.900. The molecule has 0 radical (unpaired) electrons. The van der Waals surface area contributed by atoms with Crippen molar-refractivity contribution in [1.82, 2.24) is 5.32 Å². The number of carbonyl (C=O) groups is 1. The second-order valence-electron chi connectivity index (χ2n) is 4.27. The van der Waals surface area contributed by atoms with E-state index < -0.39 is 0 Å². The zero-order valence-corrected chi connectivity index (χ0v) is 9.72. The molecule has 0 aliphatic carbocycles. The zero-order chi connectivity index (χ0) is 11.2. The van der Waals surface area contributed by atoms with Gasteiger partial charge in [0.25, 0.3) is 0 Å². The molecule has 0 spiro atoms. The molecular weight excluding hydrogens is 182 g/mol. The predicted octanol–water partition coefficient (Wildman–Crippen LogP) is 0.810. The van der Waals surface area contributed by atoms with Crippen LogP contribution in [-0.4, -0.2) is 39.4 Å². The van der Waals surface area contributed by atoms with Gasteiger partial charge in [0.05, 0.1) is 13.7 Å². The molecule has 84 valence electrons. The molecule has 0 amide bonds. The van der Waals surface area contributed by atoms with Crippen LogP contribution in [-0.2, 0) is 14.3 Å². The molecule has 0 aliphatic rings. The fourth-order valence-electron chi connectivity index (χ4n) is 1.17. The minimum absolute atomic E-state index is 0.152. The van der Waals surface area contributed by atoms with Gasteiger partial charge >= 0.3 is 5.97 Å². The standard InChI is InChI=1S/C10H21NO3/c1-10(2,3)8(9(12)14-5)11-6-7-13-4/h8,11H,6-7H2,1-5H3. The van der Waals surface area contributed by atoms with E-state index in [1.54, 1.807) is 7.11 Å². The molecule has 1 unspecified atom stereocenters. The van der Waals surface area contributed by atoms with Crippen molar-refractivity contribution in [3.05, 3.63) is 0 Å². The maximum atomic E-state index is 11.4. The normalized spacial score (nSPS) is 13.8. The highest BCUT2D eigenvalue weighted by Crippen LogP contribution is 2.19. The summed E-state index contributed by atoms with van der Waals surface area (Å²) in [6, 6.07) is -0.289. The number of methoxy groups -OCH3 is 2. The highest BCUT2D eigenvalue weighted by Gasteiger charge is 2.31. The second kappa shape index (κ2) is 5.98. The van der Waals surface area contributed by atoms with E-state index in [-0.39, 0.29) is 17.4 Å². The van der Waals surface area contributed by atoms with Crippen LogP contribution in [0.5, 0.6) is 0 Å². The van der Waals surface area contributed by atoms with Gasteiger partial charge in [-0.25, -0.2) is 0 Å². The van der Waals surface area contributed by atoms with Gasteiger partial charge in [-0.2, -0.15) is 0 Å². The van der Waals surface area contributed by atoms with Crippen LogP contribution in [0.2, 0.25) is 0 Å². The lowest BCUT2D eigenvalue weighted by Crippen LogP contribution is -2.48. The summed E-state index contributed by atoms with van der Waals surface area (Å²) in [7, 11) is 3.03. The highest BCUT2D eigenvalue weighted by molar-refractivity contribution is 5.76. The Morgan fingerprint density at radius 1 is 1.36 bits per heavy atom. The number of ether oxygens (including phenoxy) is 2. The van der Waals surface area contributed by atoms with Crippen LogP contribution in [0.3, 0.4) is 0 Å². The number of hydrogen-bond donors (Lipinski definition) is 1. The van der Waals surface area contributed by atoms with Crippen molar-refractivity contribution in [3.8, 4) is 0 Å². The molecule has 1 N–H and O–H groups in total. The van der Waals surface area contributed by atoms with E-state index in [0.29, 0.717) is 13.2 Å². The monoisotopic (exact) mass is 203 g/mol. The van der Waals surface area contributed by atoms with Crippen molar-refractivity contribution < 1.29 is 14.3 Å². The molecule has 0 aromatic carbocycles. The van der Waals surface area contributed by atoms with Gasteiger partial charge in [0, 0.05) is 13.7 Å². The molecule has 0 saturated heterocycles. The van der Waals surface area contributed by atoms with E-state index in [0.717, 1.165) is 0 Å². The third kappa shape index (κ3) is 4.58. The lowest BCUT2D eigenvalue weighted by Gasteiger charge is -2.29. The predicted molar refractivity (Wildman–Crippen MR) is 55.1 cm³/mol. The van der Waals surface area contributed by atoms with Crippen molar-refractivity contribution in [2.24, 2.45) is 5.41 Å². The first-order chi connectivity index (χ1) is 6.43. The first kappa shape index (κ1) is 13.4. The van der Waals surface area contributed by atoms with Gasteiger partial charge in [-0.15, -0.1) is 0 Å². The summed E-state index contributed by atoms with van der Waals surface area (Å²) in [4.78, 5) is 11.4. The molecule has 4 nitrogen and oxygen atoms in total. The Hall–Kier alpha value is -0.610. The Labute approximate surface area is 86.0 Å². The number of esters is 1. The molecule has 0 saturated carbocycles. The van der Waals surface area contributed by atoms with Crippen LogP contribution < -0.4 is 5.32 Å². The molecule has 0 aromatic heterocycles. The van der Waals surface area contributed by atoms with E-state index in [1.165, 1.54) is 7.11 Å². The number of carbonyl (C=O) groups excluding carboxylic acids is 1. The van der Waals surface area contributed by atoms with Crippen LogP contribution in [0.15, 0.2) is 0 Å². The van der Waals surface area contributed by atoms with Gasteiger partial charge in [0.2, 0.25) is 0 Å². The van der Waals surface area contributed by atoms with E-state index in [9.17, 15) is 4.79 Å². The lowest BCUT2D eigenvalue weighted by atomic mass is 9.87. The minimum Gasteiger partial charge on any atom is -0.468 e. The van der Waals surface area contributed by atoms with Gasteiger partial charge in [-0.3, -0.25) is 4.79 Å². The summed E-state index contributed by atoms with van der Waals surface area (Å²) in [6.07, 6.45) is 0. The van der Waals surface area contributed by atoms with Crippen molar-refractivity contribution in [2.45, 2.75) is 26.8 Å². The molecule has 0 aliphatic heterocycles. The Morgan fingerprint density at radius 3 is 2.29 bits per heavy atom. The molecule has 14 heavy (non-hydrogen) atoms. The van der Waals surface area contributed by atoms with Crippen LogP contribution in [0, 0.1) is 5.41 Å². The summed E-state index contributed by atoms with van der Waals surface area (Å²) < 4.78 is 9.63. The van der Waals surface area contributed by atoms with Crippen LogP contribution in [0.1, 0.15) is 20.8 Å². The topological polar surface area (TPSA) is 47.6 Å². The molecule has 0 aromatic rings. The third-order valence-corrected chi connectivity index (χ3v) is 1.96. The van der Waals surface area contributed by atoms with E-state index in [4.69, 9.17) is 9.47 Å². The van der Waals surface area contributed by atoms with Gasteiger partial charge in [0.15, 0.2) is 0 Å². The molecule has 1 atom stereocenters. The largest absolute Gasteiger partial charge is 0.468 e. The van der Waals surface area contributed by atoms with Crippen molar-refractivity contribution in [2.75, 3.05) is 27.4 Å². The Bertz CT molecular complexity index is 175. The SMILES string of the molecule is COCCNC(C(=O)OC)C(C)(C)C. The van der Waals surface area contributed by atoms with Gasteiger partial charge < -0.3 is 14.8 Å². The third-order valence-electron chi connectivity index (χ3n) is 1.96. The van der Waals surface area contributed by atoms with Crippen LogP contribution in [0.4, 0.5) is 0 Å². The first-order valence-electron chi connectivity index (χ1n) is 4.73. The Kier molecular flexibility index (Phi) is 5.72. The van der Waals surface area contributed by atoms with Crippen LogP contribution in [0.25, 0.3) is 0 Å². The summed E-state index contributed by atoms with van der Waals surface area (Å²) in [6.45, 7) is 7.22. The molecular formula is C10H21NO3. The Morgan fingerprint density at radius 2 is 1.93 bits per heavy atom. The van der Waals surface area contributed by atoms with Crippen molar-refractivity contribution in [3.63, 3.8) is 0 Å². The average molecular weight is 203 g/mol. The van der Waals surface area contributed by atoms with Gasteiger partial charge in [0.1, 0.15) is 6.04 Å². The van der Waals surface area contributed by atoms with Gasteiger partial charge in [-0.1, -0.05) is 20.8 Å². The number of hydrogen-bond acceptors (Lipinski definition) is 4. The minimum atomic E-state index is -0.289. The molecule has 0 bridgehead atoms. The maximum Gasteiger partial charge on any atom is 0.323 e. The highest BCUT2D eigenvalue weighted by atomic mass is 16.5. The van der Waals surface area contributed by atoms with E-state index >= 15 is 0 Å². The quantitative estimate of drug-likeness (QED) is 0.530. The van der Waals surface area contributed by atoms with Crippen molar-refractivity contribution >= 4 is 5.97 Å². The molecule has 0 fully saturated rings. The van der Waals surface area contributed by atoms with Gasteiger partial charge in [-0.05, 0) is 5.41 Å². The summed E-state index contributed by atoms with van der Waals surface area (Å²) in [5, 5.41) is 3.11. The summed E-state index contributed by atoms with van der Waals surface area (Å²) >= 11 is 0. The summed E-state index contributed by atoms with van der Waals surface area (Å²) in [5.41, 5.74) is -0.152. The summed E-state index contributed by atoms with van der Waals surface area (Å²) in [5.74, 6) is -0.228. The Balaban J connectivity index is 4.19. The van der Waals surface area contributed by atoms with E-state index in [1.807, 2.05) is 20.8 Å². The molecule has 4 heteroatoms. The second-order valence-corrected chi connectivity index (χ2v) is 4.27. The van der Waals surface area contributed by atoms with Crippen LogP contribution >= 0.6 is 0 Å². The first-order valence-corrected chi connectivity index (χ1v) is 4.73. The molecule has 0 rings (SSSR count). The number of rotatable bonds is 5. The maximum absolute atomic E-state index is 11.4. The molecule has 0 heterocycles. The zero-order valence-electron chi connectivity index (χ0n) is 9.72. The van der Waals surface area contributed by atoms with Crippen molar-refractivity contribution in [1.29, 1.82) is 0 Å². The fourth-order valence-corrected chi connectivity index (χ4v) is 1.17. The van der Waals surface area contributed by atoms with E-state index in [2.05, 4.69) is 5.32 Å². The average Bonchev–Trinajstić information content (AvgIpc) is 2.09. The smallest absolute Gasteiger partial charge is 0.323 e.